The van der Waals surface area contributed by atoms with Gasteiger partial charge >= 0.3 is 5.97 Å². The summed E-state index contributed by atoms with van der Waals surface area (Å²) in [6.45, 7) is 0. The largest absolute Gasteiger partial charge is 0.421 e. The van der Waals surface area contributed by atoms with Crippen LogP contribution < -0.4 is 15.4 Å². The fourth-order valence-electron chi connectivity index (χ4n) is 2.58. The lowest BCUT2D eigenvalue weighted by molar-refractivity contribution is 0.0733. The van der Waals surface area contributed by atoms with E-state index in [2.05, 4.69) is 10.6 Å². The molecule has 0 radical (unpaired) electrons. The Morgan fingerprint density at radius 3 is 1.93 bits per heavy atom. The zero-order valence-corrected chi connectivity index (χ0v) is 15.1. The summed E-state index contributed by atoms with van der Waals surface area (Å²) in [7, 11) is 1.48. The van der Waals surface area contributed by atoms with E-state index in [0.717, 1.165) is 0 Å². The summed E-state index contributed by atoms with van der Waals surface area (Å²) in [5.74, 6) is -1.35. The van der Waals surface area contributed by atoms with Crippen LogP contribution in [0.3, 0.4) is 0 Å². The van der Waals surface area contributed by atoms with Crippen LogP contribution in [0.5, 0.6) is 5.75 Å². The summed E-state index contributed by atoms with van der Waals surface area (Å²) in [6.07, 6.45) is 0. The predicted octanol–water partition coefficient (Wildman–Crippen LogP) is 3.52. The van der Waals surface area contributed by atoms with Gasteiger partial charge in [0, 0.05) is 12.6 Å². The first-order valence-corrected chi connectivity index (χ1v) is 8.59. The molecule has 2 N–H and O–H groups in total. The molecule has 6 nitrogen and oxygen atoms in total. The fraction of sp³-hybridized carbons (Fsp3) is 0.0455. The van der Waals surface area contributed by atoms with Gasteiger partial charge in [-0.3, -0.25) is 9.59 Å². The lowest BCUT2D eigenvalue weighted by Gasteiger charge is -2.15. The van der Waals surface area contributed by atoms with Crippen LogP contribution in [0.25, 0.3) is 0 Å². The topological polar surface area (TPSA) is 84.5 Å². The number of carbonyl (C=O) groups excluding carboxylic acids is 3. The molecule has 3 aromatic rings. The molecular weight excluding hydrogens is 356 g/mol. The van der Waals surface area contributed by atoms with Crippen molar-refractivity contribution in [1.82, 2.24) is 5.32 Å². The zero-order valence-electron chi connectivity index (χ0n) is 15.1. The number of benzene rings is 3. The molecule has 6 heteroatoms. The third kappa shape index (κ3) is 4.24. The molecular formula is C22H18N2O4. The highest BCUT2D eigenvalue weighted by molar-refractivity contribution is 6.10. The maximum atomic E-state index is 12.6. The molecule has 0 saturated heterocycles. The monoisotopic (exact) mass is 374 g/mol. The van der Waals surface area contributed by atoms with Gasteiger partial charge in [-0.25, -0.2) is 4.79 Å². The molecule has 0 aliphatic heterocycles. The lowest BCUT2D eigenvalue weighted by Crippen LogP contribution is -2.22. The highest BCUT2D eigenvalue weighted by Gasteiger charge is 2.20. The summed E-state index contributed by atoms with van der Waals surface area (Å²) in [5, 5.41) is 5.21. The van der Waals surface area contributed by atoms with E-state index in [9.17, 15) is 14.4 Å². The van der Waals surface area contributed by atoms with E-state index in [1.54, 1.807) is 72.8 Å². The lowest BCUT2D eigenvalue weighted by atomic mass is 10.1. The first-order chi connectivity index (χ1) is 13.6. The van der Waals surface area contributed by atoms with Crippen molar-refractivity contribution in [3.05, 3.63) is 95.6 Å². The SMILES string of the molecule is CNC(=O)c1cccc(OC(=O)c2ccccc2)c1NC(=O)c1ccccc1. The maximum absolute atomic E-state index is 12.6. The van der Waals surface area contributed by atoms with E-state index < -0.39 is 17.8 Å². The average molecular weight is 374 g/mol. The van der Waals surface area contributed by atoms with Crippen LogP contribution in [0.4, 0.5) is 5.69 Å². The molecule has 3 rings (SSSR count). The summed E-state index contributed by atoms with van der Waals surface area (Å²) in [6, 6.07) is 21.7. The van der Waals surface area contributed by atoms with Crippen LogP contribution in [-0.4, -0.2) is 24.8 Å². The van der Waals surface area contributed by atoms with E-state index in [1.807, 2.05) is 0 Å². The van der Waals surface area contributed by atoms with Gasteiger partial charge in [0.05, 0.1) is 16.8 Å². The highest BCUT2D eigenvalue weighted by atomic mass is 16.5. The molecule has 0 fully saturated rings. The molecule has 2 amide bonds. The van der Waals surface area contributed by atoms with Crippen molar-refractivity contribution in [2.45, 2.75) is 0 Å². The van der Waals surface area contributed by atoms with Crippen molar-refractivity contribution in [1.29, 1.82) is 0 Å². The fourth-order valence-corrected chi connectivity index (χ4v) is 2.58. The summed E-state index contributed by atoms with van der Waals surface area (Å²) < 4.78 is 5.47. The summed E-state index contributed by atoms with van der Waals surface area (Å²) >= 11 is 0. The van der Waals surface area contributed by atoms with Gasteiger partial charge in [0.25, 0.3) is 11.8 Å². The third-order valence-electron chi connectivity index (χ3n) is 3.98. The number of amides is 2. The number of esters is 1. The second kappa shape index (κ2) is 8.64. The minimum absolute atomic E-state index is 0.0826. The normalized spacial score (nSPS) is 10.0. The Labute approximate surface area is 162 Å². The Balaban J connectivity index is 1.96. The van der Waals surface area contributed by atoms with Gasteiger partial charge in [-0.2, -0.15) is 0 Å². The minimum atomic E-state index is -0.593. The molecule has 0 heterocycles. The number of hydrogen-bond acceptors (Lipinski definition) is 4. The minimum Gasteiger partial charge on any atom is -0.421 e. The molecule has 3 aromatic carbocycles. The van der Waals surface area contributed by atoms with E-state index >= 15 is 0 Å². The first kappa shape index (κ1) is 18.8. The quantitative estimate of drug-likeness (QED) is 0.529. The Hall–Kier alpha value is -3.93. The smallest absolute Gasteiger partial charge is 0.343 e. The molecule has 0 aromatic heterocycles. The van der Waals surface area contributed by atoms with E-state index in [-0.39, 0.29) is 17.0 Å². The molecule has 0 aliphatic rings. The standard InChI is InChI=1S/C22H18N2O4/c1-23-21(26)17-13-8-14-18(28-22(27)16-11-6-3-7-12-16)19(17)24-20(25)15-9-4-2-5-10-15/h2-14H,1H3,(H,23,26)(H,24,25). The second-order valence-corrected chi connectivity index (χ2v) is 5.83. The van der Waals surface area contributed by atoms with Crippen molar-refractivity contribution in [3.63, 3.8) is 0 Å². The van der Waals surface area contributed by atoms with Crippen molar-refractivity contribution >= 4 is 23.5 Å². The Kier molecular flexibility index (Phi) is 5.81. The summed E-state index contributed by atoms with van der Waals surface area (Å²) in [5.41, 5.74) is 1.08. The molecule has 28 heavy (non-hydrogen) atoms. The number of hydrogen-bond donors (Lipinski definition) is 2. The van der Waals surface area contributed by atoms with Gasteiger partial charge in [-0.1, -0.05) is 42.5 Å². The zero-order chi connectivity index (χ0) is 19.9. The number of anilines is 1. The van der Waals surface area contributed by atoms with Crippen LogP contribution in [0.1, 0.15) is 31.1 Å². The Morgan fingerprint density at radius 1 is 0.714 bits per heavy atom. The van der Waals surface area contributed by atoms with Gasteiger partial charge in [0.15, 0.2) is 5.75 Å². The van der Waals surface area contributed by atoms with E-state index in [4.69, 9.17) is 4.74 Å². The van der Waals surface area contributed by atoms with Gasteiger partial charge in [-0.05, 0) is 36.4 Å². The third-order valence-corrected chi connectivity index (χ3v) is 3.98. The molecule has 0 bridgehead atoms. The molecule has 0 atom stereocenters. The van der Waals surface area contributed by atoms with Crippen molar-refractivity contribution < 1.29 is 19.1 Å². The van der Waals surface area contributed by atoms with Crippen molar-refractivity contribution in [2.75, 3.05) is 12.4 Å². The van der Waals surface area contributed by atoms with E-state index in [1.165, 1.54) is 13.1 Å². The molecule has 0 aliphatic carbocycles. The predicted molar refractivity (Wildman–Crippen MR) is 106 cm³/mol. The Morgan fingerprint density at radius 2 is 1.32 bits per heavy atom. The number of nitrogens with one attached hydrogen (secondary N) is 2. The molecule has 0 saturated carbocycles. The van der Waals surface area contributed by atoms with Crippen molar-refractivity contribution in [2.24, 2.45) is 0 Å². The van der Waals surface area contributed by atoms with Crippen molar-refractivity contribution in [3.8, 4) is 5.75 Å². The van der Waals surface area contributed by atoms with Gasteiger partial charge in [0.1, 0.15) is 0 Å². The second-order valence-electron chi connectivity index (χ2n) is 5.83. The molecule has 0 unspecified atom stereocenters. The number of para-hydroxylation sites is 1. The van der Waals surface area contributed by atoms with Gasteiger partial charge < -0.3 is 15.4 Å². The number of carbonyl (C=O) groups is 3. The van der Waals surface area contributed by atoms with Crippen LogP contribution in [0.15, 0.2) is 78.9 Å². The van der Waals surface area contributed by atoms with E-state index in [0.29, 0.717) is 11.1 Å². The van der Waals surface area contributed by atoms with Gasteiger partial charge in [-0.15, -0.1) is 0 Å². The highest BCUT2D eigenvalue weighted by Crippen LogP contribution is 2.30. The average Bonchev–Trinajstić information content (AvgIpc) is 2.75. The Bertz CT molecular complexity index is 1000. The van der Waals surface area contributed by atoms with Crippen LogP contribution in [-0.2, 0) is 0 Å². The van der Waals surface area contributed by atoms with Crippen LogP contribution >= 0.6 is 0 Å². The first-order valence-electron chi connectivity index (χ1n) is 8.59. The number of ether oxygens (including phenoxy) is 1. The number of rotatable bonds is 5. The van der Waals surface area contributed by atoms with Crippen LogP contribution in [0.2, 0.25) is 0 Å². The summed E-state index contributed by atoms with van der Waals surface area (Å²) in [4.78, 5) is 37.3. The molecule has 140 valence electrons. The maximum Gasteiger partial charge on any atom is 0.343 e. The van der Waals surface area contributed by atoms with Gasteiger partial charge in [0.2, 0.25) is 0 Å². The van der Waals surface area contributed by atoms with Crippen LogP contribution in [0, 0.1) is 0 Å². The molecule has 0 spiro atoms.